The van der Waals surface area contributed by atoms with Crippen molar-refractivity contribution in [1.29, 1.82) is 0 Å². The second-order valence-corrected chi connectivity index (χ2v) is 4.54. The van der Waals surface area contributed by atoms with E-state index in [2.05, 4.69) is 5.10 Å². The molecule has 0 aliphatic heterocycles. The summed E-state index contributed by atoms with van der Waals surface area (Å²) in [6.07, 6.45) is 2.61. The maximum absolute atomic E-state index is 11.8. The van der Waals surface area contributed by atoms with Gasteiger partial charge in [-0.25, -0.2) is 0 Å². The summed E-state index contributed by atoms with van der Waals surface area (Å²) < 4.78 is 1.76. The topological polar surface area (TPSA) is 58.4 Å². The standard InChI is InChI=1S/C12H21N3O2/c1-9(16)7-14(3)12(17)6-5-11-8-15(4)13-10(11)2/h8-9,16H,5-7H2,1-4H3. The Morgan fingerprint density at radius 2 is 2.29 bits per heavy atom. The van der Waals surface area contributed by atoms with Crippen LogP contribution in [-0.2, 0) is 18.3 Å². The van der Waals surface area contributed by atoms with E-state index in [1.807, 2.05) is 20.2 Å². The molecule has 0 fully saturated rings. The first-order chi connectivity index (χ1) is 7.90. The number of aryl methyl sites for hydroxylation is 3. The molecule has 96 valence electrons. The van der Waals surface area contributed by atoms with Crippen LogP contribution in [-0.4, -0.2) is 45.4 Å². The SMILES string of the molecule is Cc1nn(C)cc1CCC(=O)N(C)CC(C)O. The number of carbonyl (C=O) groups excluding carboxylic acids is 1. The fraction of sp³-hybridized carbons (Fsp3) is 0.667. The summed E-state index contributed by atoms with van der Waals surface area (Å²) in [5.74, 6) is 0.0501. The highest BCUT2D eigenvalue weighted by Gasteiger charge is 2.12. The molecule has 0 aromatic carbocycles. The summed E-state index contributed by atoms with van der Waals surface area (Å²) in [5.41, 5.74) is 2.07. The highest BCUT2D eigenvalue weighted by atomic mass is 16.3. The Balaban J connectivity index is 2.45. The van der Waals surface area contributed by atoms with Gasteiger partial charge >= 0.3 is 0 Å². The summed E-state index contributed by atoms with van der Waals surface area (Å²) in [7, 11) is 3.59. The molecule has 1 aromatic rings. The van der Waals surface area contributed by atoms with Crippen LogP contribution >= 0.6 is 0 Å². The minimum atomic E-state index is -0.482. The molecule has 1 aromatic heterocycles. The van der Waals surface area contributed by atoms with E-state index in [9.17, 15) is 9.90 Å². The van der Waals surface area contributed by atoms with Crippen molar-refractivity contribution in [2.75, 3.05) is 13.6 Å². The van der Waals surface area contributed by atoms with Gasteiger partial charge in [-0.05, 0) is 25.8 Å². The lowest BCUT2D eigenvalue weighted by molar-refractivity contribution is -0.131. The van der Waals surface area contributed by atoms with Crippen LogP contribution in [0.4, 0.5) is 0 Å². The monoisotopic (exact) mass is 239 g/mol. The number of aliphatic hydroxyl groups is 1. The summed E-state index contributed by atoms with van der Waals surface area (Å²) in [6.45, 7) is 4.00. The molecule has 0 spiro atoms. The van der Waals surface area contributed by atoms with E-state index < -0.39 is 6.10 Å². The maximum Gasteiger partial charge on any atom is 0.222 e. The molecule has 0 bridgehead atoms. The second kappa shape index (κ2) is 5.82. The highest BCUT2D eigenvalue weighted by molar-refractivity contribution is 5.76. The number of likely N-dealkylation sites (N-methyl/N-ethyl adjacent to an activating group) is 1. The van der Waals surface area contributed by atoms with Gasteiger partial charge in [0, 0.05) is 33.3 Å². The summed E-state index contributed by atoms with van der Waals surface area (Å²) in [4.78, 5) is 13.3. The van der Waals surface area contributed by atoms with Gasteiger partial charge in [-0.2, -0.15) is 5.10 Å². The van der Waals surface area contributed by atoms with Crippen molar-refractivity contribution in [3.63, 3.8) is 0 Å². The Hall–Kier alpha value is -1.36. The fourth-order valence-corrected chi connectivity index (χ4v) is 1.82. The number of nitrogens with zero attached hydrogens (tertiary/aromatic N) is 3. The van der Waals surface area contributed by atoms with E-state index in [4.69, 9.17) is 0 Å². The zero-order valence-electron chi connectivity index (χ0n) is 11.0. The quantitative estimate of drug-likeness (QED) is 0.814. The lowest BCUT2D eigenvalue weighted by atomic mass is 10.1. The molecule has 1 atom stereocenters. The molecular weight excluding hydrogens is 218 g/mol. The first-order valence-electron chi connectivity index (χ1n) is 5.81. The summed E-state index contributed by atoms with van der Waals surface area (Å²) in [6, 6.07) is 0. The van der Waals surface area contributed by atoms with Gasteiger partial charge < -0.3 is 10.0 Å². The van der Waals surface area contributed by atoms with E-state index in [1.54, 1.807) is 23.6 Å². The van der Waals surface area contributed by atoms with Gasteiger partial charge in [-0.1, -0.05) is 0 Å². The van der Waals surface area contributed by atoms with E-state index in [-0.39, 0.29) is 5.91 Å². The van der Waals surface area contributed by atoms with Crippen molar-refractivity contribution in [2.45, 2.75) is 32.8 Å². The number of hydrogen-bond acceptors (Lipinski definition) is 3. The van der Waals surface area contributed by atoms with Gasteiger partial charge in [-0.3, -0.25) is 9.48 Å². The van der Waals surface area contributed by atoms with E-state index >= 15 is 0 Å². The zero-order chi connectivity index (χ0) is 13.0. The normalized spacial score (nSPS) is 12.5. The summed E-state index contributed by atoms with van der Waals surface area (Å²) >= 11 is 0. The van der Waals surface area contributed by atoms with Gasteiger partial charge in [0.1, 0.15) is 0 Å². The van der Waals surface area contributed by atoms with Crippen LogP contribution in [0.3, 0.4) is 0 Å². The van der Waals surface area contributed by atoms with Crippen LogP contribution in [0.5, 0.6) is 0 Å². The average molecular weight is 239 g/mol. The zero-order valence-corrected chi connectivity index (χ0v) is 11.0. The molecule has 0 saturated carbocycles. The highest BCUT2D eigenvalue weighted by Crippen LogP contribution is 2.08. The lowest BCUT2D eigenvalue weighted by Crippen LogP contribution is -2.33. The molecule has 1 heterocycles. The van der Waals surface area contributed by atoms with Crippen LogP contribution in [0.2, 0.25) is 0 Å². The Morgan fingerprint density at radius 1 is 1.65 bits per heavy atom. The van der Waals surface area contributed by atoms with Crippen molar-refractivity contribution in [3.8, 4) is 0 Å². The molecule has 5 nitrogen and oxygen atoms in total. The van der Waals surface area contributed by atoms with Crippen LogP contribution in [0.1, 0.15) is 24.6 Å². The first kappa shape index (κ1) is 13.7. The first-order valence-corrected chi connectivity index (χ1v) is 5.81. The molecule has 17 heavy (non-hydrogen) atoms. The van der Waals surface area contributed by atoms with E-state index in [1.165, 1.54) is 0 Å². The number of carbonyl (C=O) groups is 1. The molecule has 0 saturated heterocycles. The van der Waals surface area contributed by atoms with Crippen LogP contribution in [0.25, 0.3) is 0 Å². The Morgan fingerprint density at radius 3 is 2.76 bits per heavy atom. The summed E-state index contributed by atoms with van der Waals surface area (Å²) in [5, 5.41) is 13.4. The molecular formula is C12H21N3O2. The predicted molar refractivity (Wildman–Crippen MR) is 65.6 cm³/mol. The third-order valence-electron chi connectivity index (χ3n) is 2.69. The van der Waals surface area contributed by atoms with Crippen molar-refractivity contribution in [2.24, 2.45) is 7.05 Å². The smallest absolute Gasteiger partial charge is 0.222 e. The number of aromatic nitrogens is 2. The maximum atomic E-state index is 11.8. The van der Waals surface area contributed by atoms with Crippen molar-refractivity contribution in [3.05, 3.63) is 17.5 Å². The van der Waals surface area contributed by atoms with Crippen LogP contribution in [0, 0.1) is 6.92 Å². The predicted octanol–water partition coefficient (Wildman–Crippen LogP) is 0.500. The van der Waals surface area contributed by atoms with Gasteiger partial charge in [0.25, 0.3) is 0 Å². The van der Waals surface area contributed by atoms with Gasteiger partial charge in [0.15, 0.2) is 0 Å². The third-order valence-corrected chi connectivity index (χ3v) is 2.69. The molecule has 0 radical (unpaired) electrons. The third kappa shape index (κ3) is 4.19. The van der Waals surface area contributed by atoms with Gasteiger partial charge in [0.05, 0.1) is 11.8 Å². The van der Waals surface area contributed by atoms with Crippen LogP contribution in [0.15, 0.2) is 6.20 Å². The molecule has 1 rings (SSSR count). The number of amides is 1. The number of hydrogen-bond donors (Lipinski definition) is 1. The minimum Gasteiger partial charge on any atom is -0.392 e. The van der Waals surface area contributed by atoms with Crippen LogP contribution < -0.4 is 0 Å². The molecule has 0 aliphatic carbocycles. The molecule has 1 N–H and O–H groups in total. The fourth-order valence-electron chi connectivity index (χ4n) is 1.82. The van der Waals surface area contributed by atoms with E-state index in [0.29, 0.717) is 19.4 Å². The Bertz CT molecular complexity index is 385. The molecule has 1 unspecified atom stereocenters. The molecule has 0 aliphatic rings. The lowest BCUT2D eigenvalue weighted by Gasteiger charge is -2.18. The minimum absolute atomic E-state index is 0.0501. The largest absolute Gasteiger partial charge is 0.392 e. The molecule has 5 heteroatoms. The number of rotatable bonds is 5. The van der Waals surface area contributed by atoms with Crippen molar-refractivity contribution >= 4 is 5.91 Å². The van der Waals surface area contributed by atoms with Gasteiger partial charge in [-0.15, -0.1) is 0 Å². The Labute approximate surface area is 102 Å². The van der Waals surface area contributed by atoms with Gasteiger partial charge in [0.2, 0.25) is 5.91 Å². The molecule has 1 amide bonds. The Kier molecular flexibility index (Phi) is 4.69. The van der Waals surface area contributed by atoms with Crippen molar-refractivity contribution < 1.29 is 9.90 Å². The average Bonchev–Trinajstić information content (AvgIpc) is 2.52. The van der Waals surface area contributed by atoms with E-state index in [0.717, 1.165) is 11.3 Å². The number of aliphatic hydroxyl groups excluding tert-OH is 1. The van der Waals surface area contributed by atoms with Crippen molar-refractivity contribution in [1.82, 2.24) is 14.7 Å². The second-order valence-electron chi connectivity index (χ2n) is 4.54.